The summed E-state index contributed by atoms with van der Waals surface area (Å²) >= 11 is 0. The molecule has 1 aromatic heterocycles. The molecule has 19 heavy (non-hydrogen) atoms. The van der Waals surface area contributed by atoms with Crippen molar-refractivity contribution in [3.8, 4) is 0 Å². The normalized spacial score (nSPS) is 15.0. The van der Waals surface area contributed by atoms with Crippen LogP contribution in [0.3, 0.4) is 0 Å². The molecule has 2 aromatic rings. The molecule has 0 atom stereocenters. The van der Waals surface area contributed by atoms with Gasteiger partial charge < -0.3 is 0 Å². The van der Waals surface area contributed by atoms with Gasteiger partial charge in [0.1, 0.15) is 5.69 Å². The van der Waals surface area contributed by atoms with Crippen molar-refractivity contribution in [3.05, 3.63) is 59.2 Å². The van der Waals surface area contributed by atoms with E-state index in [0.29, 0.717) is 17.2 Å². The van der Waals surface area contributed by atoms with Crippen molar-refractivity contribution in [3.63, 3.8) is 0 Å². The maximum absolute atomic E-state index is 12.3. The van der Waals surface area contributed by atoms with Crippen LogP contribution in [0, 0.1) is 6.92 Å². The fourth-order valence-electron chi connectivity index (χ4n) is 2.33. The van der Waals surface area contributed by atoms with Crippen LogP contribution in [-0.4, -0.2) is 15.8 Å². The van der Waals surface area contributed by atoms with Crippen LogP contribution < -0.4 is 0 Å². The average Bonchev–Trinajstić information content (AvgIpc) is 2.37. The highest BCUT2D eigenvalue weighted by molar-refractivity contribution is 6.07. The van der Waals surface area contributed by atoms with E-state index >= 15 is 0 Å². The van der Waals surface area contributed by atoms with Crippen molar-refractivity contribution < 1.29 is 4.79 Å². The smallest absolute Gasteiger partial charge is 0.212 e. The van der Waals surface area contributed by atoms with Crippen molar-refractivity contribution >= 4 is 5.78 Å². The Bertz CT molecular complexity index is 600. The summed E-state index contributed by atoms with van der Waals surface area (Å²) in [6.07, 6.45) is 6.95. The van der Waals surface area contributed by atoms with Crippen LogP contribution in [0.25, 0.3) is 0 Å². The summed E-state index contributed by atoms with van der Waals surface area (Å²) in [5.74, 6) is 0.588. The molecule has 0 spiro atoms. The Morgan fingerprint density at radius 3 is 2.68 bits per heavy atom. The zero-order chi connectivity index (χ0) is 13.2. The number of carbonyl (C=O) groups excluding carboxylic acids is 1. The minimum atomic E-state index is -0.0475. The number of ketones is 1. The molecule has 0 aliphatic heterocycles. The molecule has 0 saturated heterocycles. The molecule has 3 heteroatoms. The summed E-state index contributed by atoms with van der Waals surface area (Å²) < 4.78 is 0. The molecule has 1 heterocycles. The van der Waals surface area contributed by atoms with Gasteiger partial charge in [-0.25, -0.2) is 4.98 Å². The van der Waals surface area contributed by atoms with Crippen molar-refractivity contribution in [1.29, 1.82) is 0 Å². The first-order valence-electron chi connectivity index (χ1n) is 6.67. The Morgan fingerprint density at radius 2 is 2.05 bits per heavy atom. The molecule has 3 rings (SSSR count). The number of aryl methyl sites for hydroxylation is 1. The molecular formula is C16H16N2O. The van der Waals surface area contributed by atoms with Gasteiger partial charge >= 0.3 is 0 Å². The SMILES string of the molecule is Cc1cnc(C(=O)c2cccc(C3CCC3)c2)cn1. The third-order valence-corrected chi connectivity index (χ3v) is 3.74. The molecule has 0 radical (unpaired) electrons. The summed E-state index contributed by atoms with van der Waals surface area (Å²) in [7, 11) is 0. The number of nitrogens with zero attached hydrogens (tertiary/aromatic N) is 2. The molecule has 1 aromatic carbocycles. The third kappa shape index (κ3) is 2.41. The summed E-state index contributed by atoms with van der Waals surface area (Å²) in [5.41, 5.74) is 3.22. The van der Waals surface area contributed by atoms with Crippen LogP contribution in [0.5, 0.6) is 0 Å². The molecule has 1 saturated carbocycles. The van der Waals surface area contributed by atoms with Crippen LogP contribution in [0.2, 0.25) is 0 Å². The second-order valence-corrected chi connectivity index (χ2v) is 5.13. The van der Waals surface area contributed by atoms with E-state index in [-0.39, 0.29) is 5.78 Å². The van der Waals surface area contributed by atoms with Gasteiger partial charge in [0.25, 0.3) is 0 Å². The molecular weight excluding hydrogens is 236 g/mol. The van der Waals surface area contributed by atoms with Gasteiger partial charge in [0, 0.05) is 11.8 Å². The van der Waals surface area contributed by atoms with Crippen LogP contribution in [-0.2, 0) is 0 Å². The maximum atomic E-state index is 12.3. The second kappa shape index (κ2) is 4.92. The van der Waals surface area contributed by atoms with Gasteiger partial charge in [0.15, 0.2) is 0 Å². The van der Waals surface area contributed by atoms with E-state index in [1.54, 1.807) is 12.4 Å². The molecule has 1 fully saturated rings. The highest BCUT2D eigenvalue weighted by atomic mass is 16.1. The first-order chi connectivity index (χ1) is 9.24. The fourth-order valence-corrected chi connectivity index (χ4v) is 2.33. The Morgan fingerprint density at radius 1 is 1.21 bits per heavy atom. The zero-order valence-corrected chi connectivity index (χ0v) is 11.0. The molecule has 96 valence electrons. The standard InChI is InChI=1S/C16H16N2O/c1-11-9-18-15(10-17-11)16(19)14-7-3-6-13(8-14)12-4-2-5-12/h3,6-10,12H,2,4-5H2,1H3. The molecule has 1 aliphatic carbocycles. The number of benzene rings is 1. The first kappa shape index (κ1) is 12.0. The molecule has 0 unspecified atom stereocenters. The van der Waals surface area contributed by atoms with Crippen LogP contribution >= 0.6 is 0 Å². The van der Waals surface area contributed by atoms with Crippen LogP contribution in [0.15, 0.2) is 36.7 Å². The van der Waals surface area contributed by atoms with Crippen molar-refractivity contribution in [1.82, 2.24) is 9.97 Å². The molecule has 0 N–H and O–H groups in total. The predicted molar refractivity (Wildman–Crippen MR) is 73.2 cm³/mol. The summed E-state index contributed by atoms with van der Waals surface area (Å²) in [6.45, 7) is 1.86. The quantitative estimate of drug-likeness (QED) is 0.787. The Balaban J connectivity index is 1.88. The van der Waals surface area contributed by atoms with E-state index in [1.165, 1.54) is 24.8 Å². The lowest BCUT2D eigenvalue weighted by molar-refractivity contribution is 0.103. The molecule has 0 bridgehead atoms. The fraction of sp³-hybridized carbons (Fsp3) is 0.312. The Labute approximate surface area is 112 Å². The highest BCUT2D eigenvalue weighted by Gasteiger charge is 2.20. The maximum Gasteiger partial charge on any atom is 0.212 e. The number of hydrogen-bond donors (Lipinski definition) is 0. The van der Waals surface area contributed by atoms with Crippen molar-refractivity contribution in [2.75, 3.05) is 0 Å². The van der Waals surface area contributed by atoms with E-state index in [9.17, 15) is 4.79 Å². The average molecular weight is 252 g/mol. The van der Waals surface area contributed by atoms with E-state index in [1.807, 2.05) is 25.1 Å². The lowest BCUT2D eigenvalue weighted by Crippen LogP contribution is -2.10. The van der Waals surface area contributed by atoms with Gasteiger partial charge in [-0.15, -0.1) is 0 Å². The number of hydrogen-bond acceptors (Lipinski definition) is 3. The highest BCUT2D eigenvalue weighted by Crippen LogP contribution is 2.36. The zero-order valence-electron chi connectivity index (χ0n) is 11.0. The first-order valence-corrected chi connectivity index (χ1v) is 6.67. The van der Waals surface area contributed by atoms with Gasteiger partial charge in [-0.2, -0.15) is 0 Å². The lowest BCUT2D eigenvalue weighted by Gasteiger charge is -2.26. The molecule has 0 amide bonds. The predicted octanol–water partition coefficient (Wildman–Crippen LogP) is 3.28. The second-order valence-electron chi connectivity index (χ2n) is 5.13. The topological polar surface area (TPSA) is 42.9 Å². The van der Waals surface area contributed by atoms with E-state index in [0.717, 1.165) is 5.69 Å². The van der Waals surface area contributed by atoms with Crippen LogP contribution in [0.4, 0.5) is 0 Å². The van der Waals surface area contributed by atoms with Crippen molar-refractivity contribution in [2.24, 2.45) is 0 Å². The number of carbonyl (C=O) groups is 1. The minimum absolute atomic E-state index is 0.0475. The van der Waals surface area contributed by atoms with E-state index in [4.69, 9.17) is 0 Å². The molecule has 1 aliphatic rings. The van der Waals surface area contributed by atoms with Gasteiger partial charge in [0.05, 0.1) is 11.9 Å². The Hall–Kier alpha value is -2.03. The minimum Gasteiger partial charge on any atom is -0.287 e. The number of aromatic nitrogens is 2. The lowest BCUT2D eigenvalue weighted by atomic mass is 9.79. The van der Waals surface area contributed by atoms with Crippen LogP contribution in [0.1, 0.15) is 52.5 Å². The van der Waals surface area contributed by atoms with Gasteiger partial charge in [-0.3, -0.25) is 9.78 Å². The van der Waals surface area contributed by atoms with Gasteiger partial charge in [-0.1, -0.05) is 24.6 Å². The van der Waals surface area contributed by atoms with Gasteiger partial charge in [-0.05, 0) is 37.3 Å². The Kier molecular flexibility index (Phi) is 3.11. The summed E-state index contributed by atoms with van der Waals surface area (Å²) in [4.78, 5) is 20.6. The largest absolute Gasteiger partial charge is 0.287 e. The van der Waals surface area contributed by atoms with E-state index < -0.39 is 0 Å². The summed E-state index contributed by atoms with van der Waals surface area (Å²) in [5, 5.41) is 0. The monoisotopic (exact) mass is 252 g/mol. The van der Waals surface area contributed by atoms with E-state index in [2.05, 4.69) is 16.0 Å². The molecule has 3 nitrogen and oxygen atoms in total. The third-order valence-electron chi connectivity index (χ3n) is 3.74. The van der Waals surface area contributed by atoms with Gasteiger partial charge in [0.2, 0.25) is 5.78 Å². The summed E-state index contributed by atoms with van der Waals surface area (Å²) in [6, 6.07) is 7.93. The number of rotatable bonds is 3. The van der Waals surface area contributed by atoms with Crippen molar-refractivity contribution in [2.45, 2.75) is 32.1 Å².